The molecule has 4 aromatic rings. The van der Waals surface area contributed by atoms with Crippen molar-refractivity contribution >= 4 is 44.4 Å². The van der Waals surface area contributed by atoms with Crippen molar-refractivity contribution in [2.75, 3.05) is 17.8 Å². The lowest BCUT2D eigenvalue weighted by molar-refractivity contribution is -0.116. The normalized spacial score (nSPS) is 11.0. The monoisotopic (exact) mass is 428 g/mol. The summed E-state index contributed by atoms with van der Waals surface area (Å²) in [6.45, 7) is 0.284. The van der Waals surface area contributed by atoms with E-state index < -0.39 is 0 Å². The summed E-state index contributed by atoms with van der Waals surface area (Å²) < 4.78 is 24.7. The molecular formula is C21H17FN2O3S2. The Morgan fingerprint density at radius 3 is 2.79 bits per heavy atom. The van der Waals surface area contributed by atoms with E-state index in [1.54, 1.807) is 36.5 Å². The highest BCUT2D eigenvalue weighted by Gasteiger charge is 2.21. The molecule has 0 bridgehead atoms. The maximum Gasteiger partial charge on any atom is 0.239 e. The first-order valence-electron chi connectivity index (χ1n) is 8.78. The van der Waals surface area contributed by atoms with Gasteiger partial charge in [0.25, 0.3) is 0 Å². The average molecular weight is 429 g/mol. The molecule has 0 aliphatic rings. The summed E-state index contributed by atoms with van der Waals surface area (Å²) in [5.74, 6) is 1.20. The Bertz CT molecular complexity index is 1110. The standard InChI is InChI=1S/C21H17FN2O3S2/c1-26-15-6-9-18-19(11-15)29-21(23-18)24(12-16-3-2-10-27-16)20(25)13-28-17-7-4-14(22)5-8-17/h2-11H,12-13H2,1H3. The van der Waals surface area contributed by atoms with Crippen molar-refractivity contribution in [3.8, 4) is 5.75 Å². The van der Waals surface area contributed by atoms with Crippen LogP contribution in [0.4, 0.5) is 9.52 Å². The van der Waals surface area contributed by atoms with Crippen LogP contribution in [0.3, 0.4) is 0 Å². The van der Waals surface area contributed by atoms with E-state index in [1.807, 2.05) is 24.3 Å². The number of ether oxygens (including phenoxy) is 1. The number of carbonyl (C=O) groups is 1. The van der Waals surface area contributed by atoms with Gasteiger partial charge in [0.2, 0.25) is 5.91 Å². The number of amides is 1. The number of rotatable bonds is 7. The van der Waals surface area contributed by atoms with Crippen molar-refractivity contribution < 1.29 is 18.3 Å². The fraction of sp³-hybridized carbons (Fsp3) is 0.143. The summed E-state index contributed by atoms with van der Waals surface area (Å²) in [5.41, 5.74) is 0.800. The average Bonchev–Trinajstić information content (AvgIpc) is 3.40. The molecule has 5 nitrogen and oxygen atoms in total. The molecule has 2 aromatic heterocycles. The summed E-state index contributed by atoms with van der Waals surface area (Å²) >= 11 is 2.78. The van der Waals surface area contributed by atoms with E-state index >= 15 is 0 Å². The maximum absolute atomic E-state index is 13.1. The third kappa shape index (κ3) is 4.60. The minimum atomic E-state index is -0.301. The maximum atomic E-state index is 13.1. The van der Waals surface area contributed by atoms with Crippen LogP contribution in [0.15, 0.2) is 70.2 Å². The first-order valence-corrected chi connectivity index (χ1v) is 10.6. The third-order valence-corrected chi connectivity index (χ3v) is 6.22. The molecule has 0 aliphatic carbocycles. The molecule has 29 heavy (non-hydrogen) atoms. The number of hydrogen-bond donors (Lipinski definition) is 0. The van der Waals surface area contributed by atoms with Gasteiger partial charge in [0.1, 0.15) is 17.3 Å². The number of thiazole rings is 1. The van der Waals surface area contributed by atoms with Crippen molar-refractivity contribution in [1.29, 1.82) is 0 Å². The molecule has 0 unspecified atom stereocenters. The highest BCUT2D eigenvalue weighted by molar-refractivity contribution is 8.00. The molecule has 4 rings (SSSR count). The van der Waals surface area contributed by atoms with Crippen molar-refractivity contribution in [2.24, 2.45) is 0 Å². The second-order valence-corrected chi connectivity index (χ2v) is 8.19. The highest BCUT2D eigenvalue weighted by Crippen LogP contribution is 2.33. The number of carbonyl (C=O) groups excluding carboxylic acids is 1. The molecule has 0 spiro atoms. The second kappa shape index (κ2) is 8.67. The van der Waals surface area contributed by atoms with Gasteiger partial charge in [-0.05, 0) is 54.6 Å². The van der Waals surface area contributed by atoms with Crippen molar-refractivity contribution in [2.45, 2.75) is 11.4 Å². The Morgan fingerprint density at radius 2 is 2.07 bits per heavy atom. The molecule has 2 heterocycles. The van der Waals surface area contributed by atoms with Gasteiger partial charge in [-0.25, -0.2) is 9.37 Å². The van der Waals surface area contributed by atoms with Crippen LogP contribution in [0, 0.1) is 5.82 Å². The van der Waals surface area contributed by atoms with Gasteiger partial charge in [0.15, 0.2) is 5.13 Å². The van der Waals surface area contributed by atoms with Crippen molar-refractivity contribution in [1.82, 2.24) is 4.98 Å². The molecule has 2 aromatic carbocycles. The topological polar surface area (TPSA) is 55.6 Å². The molecule has 0 atom stereocenters. The van der Waals surface area contributed by atoms with Gasteiger partial charge in [0.05, 0.1) is 35.9 Å². The number of anilines is 1. The molecule has 0 saturated carbocycles. The molecule has 0 fully saturated rings. The summed E-state index contributed by atoms with van der Waals surface area (Å²) in [4.78, 5) is 20.1. The zero-order chi connectivity index (χ0) is 20.2. The van der Waals surface area contributed by atoms with Crippen LogP contribution in [0.2, 0.25) is 0 Å². The Labute approximate surface area is 175 Å². The number of aromatic nitrogens is 1. The van der Waals surface area contributed by atoms with E-state index in [0.717, 1.165) is 20.9 Å². The van der Waals surface area contributed by atoms with Crippen LogP contribution < -0.4 is 9.64 Å². The summed E-state index contributed by atoms with van der Waals surface area (Å²) in [6.07, 6.45) is 1.58. The number of methoxy groups -OCH3 is 1. The molecule has 148 valence electrons. The fourth-order valence-electron chi connectivity index (χ4n) is 2.71. The van der Waals surface area contributed by atoms with E-state index in [4.69, 9.17) is 9.15 Å². The molecule has 1 amide bonds. The van der Waals surface area contributed by atoms with Gasteiger partial charge in [0, 0.05) is 4.90 Å². The molecule has 0 radical (unpaired) electrons. The first kappa shape index (κ1) is 19.5. The molecule has 0 N–H and O–H groups in total. The van der Waals surface area contributed by atoms with Gasteiger partial charge in [-0.1, -0.05) is 11.3 Å². The van der Waals surface area contributed by atoms with Crippen LogP contribution in [0.25, 0.3) is 10.2 Å². The highest BCUT2D eigenvalue weighted by atomic mass is 32.2. The smallest absolute Gasteiger partial charge is 0.239 e. The van der Waals surface area contributed by atoms with Gasteiger partial charge >= 0.3 is 0 Å². The summed E-state index contributed by atoms with van der Waals surface area (Å²) in [7, 11) is 1.61. The molecular weight excluding hydrogens is 411 g/mol. The Kier molecular flexibility index (Phi) is 5.82. The molecule has 0 aliphatic heterocycles. The predicted octanol–water partition coefficient (Wildman–Crippen LogP) is 5.36. The number of nitrogens with zero attached hydrogens (tertiary/aromatic N) is 2. The number of hydrogen-bond acceptors (Lipinski definition) is 6. The fourth-order valence-corrected chi connectivity index (χ4v) is 4.49. The van der Waals surface area contributed by atoms with Crippen molar-refractivity contribution in [3.05, 3.63) is 72.4 Å². The van der Waals surface area contributed by atoms with Crippen LogP contribution in [-0.2, 0) is 11.3 Å². The number of thioether (sulfide) groups is 1. The quantitative estimate of drug-likeness (QED) is 0.371. The predicted molar refractivity (Wildman–Crippen MR) is 113 cm³/mol. The molecule has 8 heteroatoms. The molecule has 0 saturated heterocycles. The van der Waals surface area contributed by atoms with Crippen molar-refractivity contribution in [3.63, 3.8) is 0 Å². The zero-order valence-electron chi connectivity index (χ0n) is 15.5. The van der Waals surface area contributed by atoms with Gasteiger partial charge in [-0.2, -0.15) is 0 Å². The van der Waals surface area contributed by atoms with E-state index in [-0.39, 0.29) is 24.0 Å². The first-order chi connectivity index (χ1) is 14.1. The Hall–Kier alpha value is -2.84. The number of benzene rings is 2. The van der Waals surface area contributed by atoms with Gasteiger partial charge < -0.3 is 9.15 Å². The van der Waals surface area contributed by atoms with Crippen LogP contribution in [0.5, 0.6) is 5.75 Å². The minimum Gasteiger partial charge on any atom is -0.497 e. The lowest BCUT2D eigenvalue weighted by Crippen LogP contribution is -2.31. The van der Waals surface area contributed by atoms with Crippen LogP contribution in [0.1, 0.15) is 5.76 Å². The Morgan fingerprint density at radius 1 is 1.24 bits per heavy atom. The minimum absolute atomic E-state index is 0.109. The summed E-state index contributed by atoms with van der Waals surface area (Å²) in [5, 5.41) is 0.592. The lowest BCUT2D eigenvalue weighted by atomic mass is 10.3. The van der Waals surface area contributed by atoms with E-state index in [9.17, 15) is 9.18 Å². The number of fused-ring (bicyclic) bond motifs is 1. The lowest BCUT2D eigenvalue weighted by Gasteiger charge is -2.18. The van der Waals surface area contributed by atoms with Gasteiger partial charge in [-0.15, -0.1) is 11.8 Å². The third-order valence-electron chi connectivity index (χ3n) is 4.19. The second-order valence-electron chi connectivity index (χ2n) is 6.13. The van der Waals surface area contributed by atoms with E-state index in [0.29, 0.717) is 10.9 Å². The largest absolute Gasteiger partial charge is 0.497 e. The Balaban J connectivity index is 1.58. The zero-order valence-corrected chi connectivity index (χ0v) is 17.1. The number of furan rings is 1. The SMILES string of the molecule is COc1ccc2nc(N(Cc3ccco3)C(=O)CSc3ccc(F)cc3)sc2c1. The summed E-state index contributed by atoms with van der Waals surface area (Å²) in [6, 6.07) is 15.3. The van der Waals surface area contributed by atoms with Crippen LogP contribution >= 0.6 is 23.1 Å². The number of halogens is 1. The van der Waals surface area contributed by atoms with Crippen LogP contribution in [-0.4, -0.2) is 23.8 Å². The van der Waals surface area contributed by atoms with E-state index in [2.05, 4.69) is 4.98 Å². The van der Waals surface area contributed by atoms with Gasteiger partial charge in [-0.3, -0.25) is 9.69 Å². The van der Waals surface area contributed by atoms with E-state index in [1.165, 1.54) is 35.2 Å².